The van der Waals surface area contributed by atoms with Crippen molar-refractivity contribution in [3.63, 3.8) is 0 Å². The highest BCUT2D eigenvalue weighted by Gasteiger charge is 2.36. The van der Waals surface area contributed by atoms with Crippen molar-refractivity contribution in [3.8, 4) is 11.5 Å². The summed E-state index contributed by atoms with van der Waals surface area (Å²) in [5.74, 6) is -0.921. The first-order valence-corrected chi connectivity index (χ1v) is 10.6. The van der Waals surface area contributed by atoms with Crippen molar-refractivity contribution in [2.75, 3.05) is 26.1 Å². The van der Waals surface area contributed by atoms with E-state index in [0.717, 1.165) is 22.7 Å². The van der Waals surface area contributed by atoms with E-state index in [1.165, 1.54) is 32.4 Å². The van der Waals surface area contributed by atoms with Gasteiger partial charge in [-0.2, -0.15) is 0 Å². The van der Waals surface area contributed by atoms with Crippen molar-refractivity contribution >= 4 is 68.1 Å². The van der Waals surface area contributed by atoms with Crippen molar-refractivity contribution in [1.29, 1.82) is 0 Å². The van der Waals surface area contributed by atoms with E-state index in [9.17, 15) is 18.8 Å². The topological polar surface area (TPSA) is 84.9 Å². The lowest BCUT2D eigenvalue weighted by molar-refractivity contribution is -0.127. The first-order valence-electron chi connectivity index (χ1n) is 8.65. The number of benzene rings is 2. The number of ether oxygens (including phenoxy) is 2. The summed E-state index contributed by atoms with van der Waals surface area (Å²) >= 11 is 9.78. The van der Waals surface area contributed by atoms with Gasteiger partial charge in [-0.3, -0.25) is 19.3 Å². The molecule has 3 rings (SSSR count). The average molecular weight is 530 g/mol. The number of anilines is 1. The Kier molecular flexibility index (Phi) is 7.24. The van der Waals surface area contributed by atoms with Crippen molar-refractivity contribution in [2.24, 2.45) is 0 Å². The third kappa shape index (κ3) is 5.20. The Bertz CT molecular complexity index is 1110. The van der Waals surface area contributed by atoms with Gasteiger partial charge in [-0.1, -0.05) is 11.6 Å². The summed E-state index contributed by atoms with van der Waals surface area (Å²) in [5, 5.41) is 1.74. The van der Waals surface area contributed by atoms with Crippen LogP contribution in [0.15, 0.2) is 39.7 Å². The summed E-state index contributed by atoms with van der Waals surface area (Å²) in [6.45, 7) is -0.493. The molecule has 1 aliphatic heterocycles. The van der Waals surface area contributed by atoms with Gasteiger partial charge in [0.05, 0.1) is 28.6 Å². The van der Waals surface area contributed by atoms with Gasteiger partial charge in [-0.25, -0.2) is 4.39 Å². The summed E-state index contributed by atoms with van der Waals surface area (Å²) < 4.78 is 24.4. The number of amides is 3. The van der Waals surface area contributed by atoms with E-state index >= 15 is 0 Å². The number of hydrogen-bond acceptors (Lipinski definition) is 6. The molecule has 3 amide bonds. The second-order valence-electron chi connectivity index (χ2n) is 6.18. The zero-order chi connectivity index (χ0) is 22.7. The van der Waals surface area contributed by atoms with E-state index in [4.69, 9.17) is 21.1 Å². The predicted octanol–water partition coefficient (Wildman–Crippen LogP) is 4.93. The molecule has 1 heterocycles. The maximum Gasteiger partial charge on any atom is 0.294 e. The Morgan fingerprint density at radius 2 is 2.00 bits per heavy atom. The third-order valence-electron chi connectivity index (χ3n) is 4.13. The summed E-state index contributed by atoms with van der Waals surface area (Å²) in [4.78, 5) is 38.2. The van der Waals surface area contributed by atoms with Gasteiger partial charge in [0.2, 0.25) is 5.91 Å². The van der Waals surface area contributed by atoms with Crippen molar-refractivity contribution < 1.29 is 28.2 Å². The van der Waals surface area contributed by atoms with Crippen LogP contribution in [0.3, 0.4) is 0 Å². The second kappa shape index (κ2) is 9.71. The van der Waals surface area contributed by atoms with Gasteiger partial charge in [0, 0.05) is 5.69 Å². The van der Waals surface area contributed by atoms with Crippen LogP contribution in [0.5, 0.6) is 11.5 Å². The fourth-order valence-electron chi connectivity index (χ4n) is 2.73. The summed E-state index contributed by atoms with van der Waals surface area (Å²) in [6, 6.07) is 7.02. The standard InChI is InChI=1S/C20H15BrClFN2O5S/c1-29-15-6-10(5-12(21)18(15)30-2)7-16-19(27)25(20(28)31-16)9-17(26)24-11-3-4-14(23)13(22)8-11/h3-8H,9H2,1-2H3,(H,24,26)/b16-7+. The lowest BCUT2D eigenvalue weighted by Gasteiger charge is -2.13. The van der Waals surface area contributed by atoms with E-state index in [2.05, 4.69) is 21.2 Å². The van der Waals surface area contributed by atoms with E-state index < -0.39 is 29.4 Å². The van der Waals surface area contributed by atoms with Crippen LogP contribution in [0.2, 0.25) is 5.02 Å². The smallest absolute Gasteiger partial charge is 0.294 e. The first-order chi connectivity index (χ1) is 14.7. The summed E-state index contributed by atoms with van der Waals surface area (Å²) in [6.07, 6.45) is 1.52. The Morgan fingerprint density at radius 3 is 2.65 bits per heavy atom. The molecule has 1 saturated heterocycles. The molecular formula is C20H15BrClFN2O5S. The lowest BCUT2D eigenvalue weighted by atomic mass is 10.2. The SMILES string of the molecule is COc1cc(/C=C2/SC(=O)N(CC(=O)Nc3ccc(F)c(Cl)c3)C2=O)cc(Br)c1OC. The Hall–Kier alpha value is -2.56. The van der Waals surface area contributed by atoms with Gasteiger partial charge in [0.15, 0.2) is 11.5 Å². The van der Waals surface area contributed by atoms with Crippen molar-refractivity contribution in [2.45, 2.75) is 0 Å². The molecule has 0 radical (unpaired) electrons. The molecule has 0 atom stereocenters. The minimum Gasteiger partial charge on any atom is -0.493 e. The van der Waals surface area contributed by atoms with Crippen LogP contribution in [-0.2, 0) is 9.59 Å². The Labute approximate surface area is 194 Å². The number of imide groups is 1. The predicted molar refractivity (Wildman–Crippen MR) is 120 cm³/mol. The molecule has 1 aliphatic rings. The molecule has 1 fully saturated rings. The molecular weight excluding hydrogens is 515 g/mol. The quantitative estimate of drug-likeness (QED) is 0.534. The molecule has 0 spiro atoms. The van der Waals surface area contributed by atoms with Gasteiger partial charge in [0.1, 0.15) is 12.4 Å². The normalized spacial score (nSPS) is 14.9. The highest BCUT2D eigenvalue weighted by atomic mass is 79.9. The molecule has 0 saturated carbocycles. The number of nitrogens with one attached hydrogen (secondary N) is 1. The number of methoxy groups -OCH3 is 2. The Morgan fingerprint density at radius 1 is 1.26 bits per heavy atom. The summed E-state index contributed by atoms with van der Waals surface area (Å²) in [7, 11) is 2.98. The molecule has 162 valence electrons. The van der Waals surface area contributed by atoms with Crippen LogP contribution in [0, 0.1) is 5.82 Å². The summed E-state index contributed by atoms with van der Waals surface area (Å²) in [5.41, 5.74) is 0.842. The van der Waals surface area contributed by atoms with E-state index in [0.29, 0.717) is 21.5 Å². The minimum absolute atomic E-state index is 0.154. The van der Waals surface area contributed by atoms with Crippen LogP contribution >= 0.6 is 39.3 Å². The maximum absolute atomic E-state index is 13.2. The molecule has 0 unspecified atom stereocenters. The van der Waals surface area contributed by atoms with Gasteiger partial charge < -0.3 is 14.8 Å². The number of thioether (sulfide) groups is 1. The molecule has 1 N–H and O–H groups in total. The Balaban J connectivity index is 1.75. The maximum atomic E-state index is 13.2. The number of halogens is 3. The molecule has 0 aliphatic carbocycles. The van der Waals surface area contributed by atoms with Crippen LogP contribution in [0.1, 0.15) is 5.56 Å². The molecule has 2 aromatic rings. The van der Waals surface area contributed by atoms with Crippen molar-refractivity contribution in [1.82, 2.24) is 4.90 Å². The second-order valence-corrected chi connectivity index (χ2v) is 8.44. The zero-order valence-electron chi connectivity index (χ0n) is 16.2. The van der Waals surface area contributed by atoms with Gasteiger partial charge in [0.25, 0.3) is 11.1 Å². The van der Waals surface area contributed by atoms with Crippen molar-refractivity contribution in [3.05, 3.63) is 56.1 Å². The van der Waals surface area contributed by atoms with E-state index in [1.54, 1.807) is 12.1 Å². The molecule has 7 nitrogen and oxygen atoms in total. The number of carbonyl (C=O) groups is 3. The van der Waals surface area contributed by atoms with Gasteiger partial charge in [-0.05, 0) is 69.7 Å². The molecule has 0 bridgehead atoms. The first kappa shape index (κ1) is 23.1. The number of nitrogens with zero attached hydrogens (tertiary/aromatic N) is 1. The fourth-order valence-corrected chi connectivity index (χ4v) is 4.37. The zero-order valence-corrected chi connectivity index (χ0v) is 19.4. The third-order valence-corrected chi connectivity index (χ3v) is 5.92. The largest absolute Gasteiger partial charge is 0.493 e. The van der Waals surface area contributed by atoms with Crippen LogP contribution < -0.4 is 14.8 Å². The highest BCUT2D eigenvalue weighted by molar-refractivity contribution is 9.10. The number of carbonyl (C=O) groups excluding carboxylic acids is 3. The van der Waals surface area contributed by atoms with E-state index in [1.807, 2.05) is 0 Å². The van der Waals surface area contributed by atoms with Crippen LogP contribution in [0.4, 0.5) is 14.9 Å². The lowest BCUT2D eigenvalue weighted by Crippen LogP contribution is -2.36. The molecule has 0 aromatic heterocycles. The van der Waals surface area contributed by atoms with E-state index in [-0.39, 0.29) is 15.6 Å². The number of hydrogen-bond donors (Lipinski definition) is 1. The molecule has 2 aromatic carbocycles. The molecule has 31 heavy (non-hydrogen) atoms. The van der Waals surface area contributed by atoms with Crippen LogP contribution in [-0.4, -0.2) is 42.7 Å². The number of rotatable bonds is 6. The van der Waals surface area contributed by atoms with Gasteiger partial charge in [-0.15, -0.1) is 0 Å². The fraction of sp³-hybridized carbons (Fsp3) is 0.150. The van der Waals surface area contributed by atoms with Gasteiger partial charge >= 0.3 is 0 Å². The monoisotopic (exact) mass is 528 g/mol. The average Bonchev–Trinajstić information content (AvgIpc) is 2.97. The van der Waals surface area contributed by atoms with Crippen LogP contribution in [0.25, 0.3) is 6.08 Å². The highest BCUT2D eigenvalue weighted by Crippen LogP contribution is 2.38. The molecule has 11 heteroatoms. The minimum atomic E-state index is -0.627.